The third kappa shape index (κ3) is 3.08. The Bertz CT molecular complexity index is 503. The highest BCUT2D eigenvalue weighted by atomic mass is 16.2. The first kappa shape index (κ1) is 16.3. The van der Waals surface area contributed by atoms with Crippen molar-refractivity contribution in [3.63, 3.8) is 0 Å². The van der Waals surface area contributed by atoms with Crippen LogP contribution in [0.15, 0.2) is 0 Å². The van der Waals surface area contributed by atoms with Crippen LogP contribution in [-0.4, -0.2) is 52.8 Å². The Balaban J connectivity index is 1.66. The van der Waals surface area contributed by atoms with E-state index in [4.69, 9.17) is 0 Å². The molecule has 2 aliphatic heterocycles. The van der Waals surface area contributed by atoms with Crippen LogP contribution in [0.25, 0.3) is 0 Å². The number of carbonyl (C=O) groups excluding carboxylic acids is 3. The Hall–Kier alpha value is -1.59. The summed E-state index contributed by atoms with van der Waals surface area (Å²) in [5, 5.41) is 2.86. The van der Waals surface area contributed by atoms with Crippen molar-refractivity contribution >= 4 is 17.8 Å². The predicted octanol–water partition coefficient (Wildman–Crippen LogP) is 1.75. The van der Waals surface area contributed by atoms with Crippen molar-refractivity contribution in [3.8, 4) is 0 Å². The molecule has 128 valence electrons. The van der Waals surface area contributed by atoms with E-state index in [1.54, 1.807) is 0 Å². The summed E-state index contributed by atoms with van der Waals surface area (Å²) in [6.07, 6.45) is 5.52. The lowest BCUT2D eigenvalue weighted by Gasteiger charge is -2.35. The van der Waals surface area contributed by atoms with E-state index in [2.05, 4.69) is 19.2 Å². The highest BCUT2D eigenvalue weighted by molar-refractivity contribution is 6.09. The first-order valence-electron chi connectivity index (χ1n) is 8.83. The summed E-state index contributed by atoms with van der Waals surface area (Å²) in [6.45, 7) is 5.60. The van der Waals surface area contributed by atoms with Crippen molar-refractivity contribution in [1.29, 1.82) is 0 Å². The number of nitrogens with one attached hydrogen (secondary N) is 1. The molecule has 0 aromatic heterocycles. The molecule has 0 aromatic rings. The van der Waals surface area contributed by atoms with Gasteiger partial charge in [-0.25, -0.2) is 4.79 Å². The van der Waals surface area contributed by atoms with E-state index in [0.717, 1.165) is 43.7 Å². The van der Waals surface area contributed by atoms with Gasteiger partial charge in [0.1, 0.15) is 12.1 Å². The largest absolute Gasteiger partial charge is 0.341 e. The minimum atomic E-state index is -0.738. The van der Waals surface area contributed by atoms with Crippen LogP contribution in [-0.2, 0) is 9.59 Å². The molecule has 2 atom stereocenters. The van der Waals surface area contributed by atoms with Crippen molar-refractivity contribution in [2.75, 3.05) is 19.6 Å². The third-order valence-electron chi connectivity index (χ3n) is 5.47. The van der Waals surface area contributed by atoms with Crippen LogP contribution in [0.4, 0.5) is 4.79 Å². The summed E-state index contributed by atoms with van der Waals surface area (Å²) < 4.78 is 0. The van der Waals surface area contributed by atoms with Crippen molar-refractivity contribution in [2.24, 2.45) is 11.8 Å². The summed E-state index contributed by atoms with van der Waals surface area (Å²) in [7, 11) is 0. The molecule has 6 heteroatoms. The number of piperidine rings is 1. The number of urea groups is 1. The average Bonchev–Trinajstić information content (AvgIpc) is 2.71. The summed E-state index contributed by atoms with van der Waals surface area (Å²) >= 11 is 0. The number of rotatable bonds is 2. The average molecular weight is 321 g/mol. The Kier molecular flexibility index (Phi) is 4.34. The first-order chi connectivity index (χ1) is 10.9. The maximum Gasteiger partial charge on any atom is 0.325 e. The number of amides is 4. The topological polar surface area (TPSA) is 69.7 Å². The molecule has 1 saturated carbocycles. The van der Waals surface area contributed by atoms with Gasteiger partial charge in [-0.1, -0.05) is 33.1 Å². The quantitative estimate of drug-likeness (QED) is 0.788. The molecular weight excluding hydrogens is 294 g/mol. The summed E-state index contributed by atoms with van der Waals surface area (Å²) in [5.41, 5.74) is -0.738. The maximum absolute atomic E-state index is 12.7. The molecule has 4 amide bonds. The molecule has 2 saturated heterocycles. The van der Waals surface area contributed by atoms with Crippen molar-refractivity contribution < 1.29 is 14.4 Å². The monoisotopic (exact) mass is 321 g/mol. The van der Waals surface area contributed by atoms with Gasteiger partial charge >= 0.3 is 6.03 Å². The molecule has 3 fully saturated rings. The Morgan fingerprint density at radius 1 is 1.13 bits per heavy atom. The lowest BCUT2D eigenvalue weighted by molar-refractivity contribution is -0.141. The number of hydrogen-bond donors (Lipinski definition) is 1. The van der Waals surface area contributed by atoms with E-state index in [1.807, 2.05) is 4.90 Å². The van der Waals surface area contributed by atoms with Gasteiger partial charge in [0.05, 0.1) is 0 Å². The van der Waals surface area contributed by atoms with Gasteiger partial charge in [-0.05, 0) is 31.1 Å². The highest BCUT2D eigenvalue weighted by Crippen LogP contribution is 2.33. The second-order valence-electron chi connectivity index (χ2n) is 7.71. The van der Waals surface area contributed by atoms with E-state index in [9.17, 15) is 14.4 Å². The van der Waals surface area contributed by atoms with Gasteiger partial charge in [-0.3, -0.25) is 14.5 Å². The van der Waals surface area contributed by atoms with E-state index in [1.165, 1.54) is 0 Å². The second kappa shape index (κ2) is 6.13. The van der Waals surface area contributed by atoms with Gasteiger partial charge in [0, 0.05) is 13.1 Å². The minimum Gasteiger partial charge on any atom is -0.341 e. The van der Waals surface area contributed by atoms with Gasteiger partial charge in [0.25, 0.3) is 5.91 Å². The Morgan fingerprint density at radius 2 is 1.74 bits per heavy atom. The highest BCUT2D eigenvalue weighted by Gasteiger charge is 2.51. The molecule has 0 unspecified atom stereocenters. The van der Waals surface area contributed by atoms with E-state index in [0.29, 0.717) is 24.7 Å². The van der Waals surface area contributed by atoms with Crippen LogP contribution in [0.1, 0.15) is 52.4 Å². The van der Waals surface area contributed by atoms with Crippen LogP contribution in [0.3, 0.4) is 0 Å². The van der Waals surface area contributed by atoms with Gasteiger partial charge in [0.15, 0.2) is 0 Å². The molecular formula is C17H27N3O3. The van der Waals surface area contributed by atoms with Crippen LogP contribution in [0.2, 0.25) is 0 Å². The van der Waals surface area contributed by atoms with Gasteiger partial charge < -0.3 is 10.2 Å². The molecule has 0 aromatic carbocycles. The lowest BCUT2D eigenvalue weighted by Crippen LogP contribution is -2.50. The molecule has 23 heavy (non-hydrogen) atoms. The smallest absolute Gasteiger partial charge is 0.325 e. The predicted molar refractivity (Wildman–Crippen MR) is 85.6 cm³/mol. The van der Waals surface area contributed by atoms with Crippen LogP contribution < -0.4 is 5.32 Å². The number of hydrogen-bond acceptors (Lipinski definition) is 3. The number of imide groups is 1. The molecule has 2 heterocycles. The minimum absolute atomic E-state index is 0.111. The fraction of sp³-hybridized carbons (Fsp3) is 0.824. The number of carbonyl (C=O) groups is 3. The molecule has 0 radical (unpaired) electrons. The normalized spacial score (nSPS) is 30.7. The zero-order valence-corrected chi connectivity index (χ0v) is 14.1. The maximum atomic E-state index is 12.7. The van der Waals surface area contributed by atoms with E-state index >= 15 is 0 Å². The van der Waals surface area contributed by atoms with Crippen molar-refractivity contribution in [3.05, 3.63) is 0 Å². The molecule has 6 nitrogen and oxygen atoms in total. The summed E-state index contributed by atoms with van der Waals surface area (Å²) in [4.78, 5) is 40.4. The molecule has 1 aliphatic carbocycles. The van der Waals surface area contributed by atoms with Crippen LogP contribution in [0.5, 0.6) is 0 Å². The molecule has 1 spiro atoms. The zero-order chi connectivity index (χ0) is 16.6. The zero-order valence-electron chi connectivity index (χ0n) is 14.1. The third-order valence-corrected chi connectivity index (χ3v) is 5.47. The summed E-state index contributed by atoms with van der Waals surface area (Å²) in [5.74, 6) is 0.624. The second-order valence-corrected chi connectivity index (χ2v) is 7.71. The SMILES string of the molecule is C[C@@H]1C[C@H](C)CN(C(=O)CN2C(=O)NC3(CCCCC3)C2=O)C1. The fourth-order valence-electron chi connectivity index (χ4n) is 4.42. The fourth-order valence-corrected chi connectivity index (χ4v) is 4.42. The molecule has 3 rings (SSSR count). The van der Waals surface area contributed by atoms with Crippen LogP contribution in [0, 0.1) is 11.8 Å². The van der Waals surface area contributed by atoms with Crippen molar-refractivity contribution in [1.82, 2.24) is 15.1 Å². The molecule has 3 aliphatic rings. The van der Waals surface area contributed by atoms with Gasteiger partial charge in [-0.15, -0.1) is 0 Å². The standard InChI is InChI=1S/C17H27N3O3/c1-12-8-13(2)10-19(9-12)14(21)11-20-15(22)17(18-16(20)23)6-4-3-5-7-17/h12-13H,3-11H2,1-2H3,(H,18,23)/t12-,13+. The number of nitrogens with zero attached hydrogens (tertiary/aromatic N) is 2. The molecule has 0 bridgehead atoms. The Labute approximate surface area is 137 Å². The van der Waals surface area contributed by atoms with Gasteiger partial charge in [0.2, 0.25) is 5.91 Å². The van der Waals surface area contributed by atoms with E-state index < -0.39 is 11.6 Å². The van der Waals surface area contributed by atoms with Crippen LogP contribution >= 0.6 is 0 Å². The summed E-state index contributed by atoms with van der Waals surface area (Å²) in [6, 6.07) is -0.400. The van der Waals surface area contributed by atoms with Crippen molar-refractivity contribution in [2.45, 2.75) is 57.9 Å². The Morgan fingerprint density at radius 3 is 2.35 bits per heavy atom. The molecule has 1 N–H and O–H groups in total. The lowest BCUT2D eigenvalue weighted by atomic mass is 9.82. The first-order valence-corrected chi connectivity index (χ1v) is 8.83. The van der Waals surface area contributed by atoms with E-state index in [-0.39, 0.29) is 18.4 Å². The van der Waals surface area contributed by atoms with Gasteiger partial charge in [-0.2, -0.15) is 0 Å². The number of likely N-dealkylation sites (tertiary alicyclic amines) is 1.